The van der Waals surface area contributed by atoms with Crippen LogP contribution in [-0.4, -0.2) is 21.5 Å². The van der Waals surface area contributed by atoms with Crippen LogP contribution < -0.4 is 9.09 Å². The summed E-state index contributed by atoms with van der Waals surface area (Å²) in [7, 11) is 0. The van der Waals surface area contributed by atoms with Crippen molar-refractivity contribution in [2.45, 2.75) is 0 Å². The molecule has 3 rings (SSSR count). The summed E-state index contributed by atoms with van der Waals surface area (Å²) in [5, 5.41) is 0. The van der Waals surface area contributed by atoms with Gasteiger partial charge in [-0.2, -0.15) is 0 Å². The predicted molar refractivity (Wildman–Crippen MR) is 88.9 cm³/mol. The second kappa shape index (κ2) is 7.17. The number of para-hydroxylation sites is 1. The van der Waals surface area contributed by atoms with Crippen LogP contribution in [-0.2, 0) is 3.74 Å². The van der Waals surface area contributed by atoms with E-state index in [-0.39, 0.29) is 5.78 Å². The van der Waals surface area contributed by atoms with Gasteiger partial charge in [0.1, 0.15) is 0 Å². The average molecular weight is 364 g/mol. The molecule has 0 N–H and O–H groups in total. The molecule has 3 nitrogen and oxygen atoms in total. The fourth-order valence-electron chi connectivity index (χ4n) is 2.14. The van der Waals surface area contributed by atoms with Crippen molar-refractivity contribution in [2.24, 2.45) is 0 Å². The third-order valence-electron chi connectivity index (χ3n) is 3.33. The van der Waals surface area contributed by atoms with Crippen LogP contribution in [0, 0.1) is 0 Å². The van der Waals surface area contributed by atoms with Crippen molar-refractivity contribution in [1.29, 1.82) is 0 Å². The van der Waals surface area contributed by atoms with E-state index in [2.05, 4.69) is 0 Å². The molecule has 0 atom stereocenters. The molecular weight excluding hydrogens is 351 g/mol. The Labute approximate surface area is 140 Å². The van der Waals surface area contributed by atoms with Crippen LogP contribution in [0.2, 0.25) is 0 Å². The maximum absolute atomic E-state index is 12.4. The van der Waals surface area contributed by atoms with Crippen molar-refractivity contribution in [1.82, 2.24) is 0 Å². The Hall–Kier alpha value is -2.51. The van der Waals surface area contributed by atoms with Gasteiger partial charge in [-0.1, -0.05) is 18.2 Å². The molecule has 3 aromatic carbocycles. The number of benzene rings is 3. The molecule has 112 valence electrons. The molecule has 0 amide bonds. The van der Waals surface area contributed by atoms with E-state index in [9.17, 15) is 8.53 Å². The van der Waals surface area contributed by atoms with E-state index < -0.39 is 15.7 Å². The van der Waals surface area contributed by atoms with Gasteiger partial charge in [0, 0.05) is 0 Å². The average Bonchev–Trinajstić information content (AvgIpc) is 2.63. The Balaban J connectivity index is 1.75. The van der Waals surface area contributed by atoms with E-state index in [1.54, 1.807) is 48.5 Å². The molecule has 0 fully saturated rings. The Morgan fingerprint density at radius 2 is 1.22 bits per heavy atom. The first-order chi connectivity index (χ1) is 11.3. The number of ketones is 1. The van der Waals surface area contributed by atoms with E-state index >= 15 is 0 Å². The van der Waals surface area contributed by atoms with Crippen LogP contribution in [0.1, 0.15) is 15.9 Å². The second-order valence-electron chi connectivity index (χ2n) is 4.91. The molecule has 0 aliphatic rings. The molecule has 0 aliphatic carbocycles. The zero-order valence-electron chi connectivity index (χ0n) is 12.2. The van der Waals surface area contributed by atoms with Crippen molar-refractivity contribution in [3.05, 3.63) is 90.0 Å². The quantitative estimate of drug-likeness (QED) is 0.515. The van der Waals surface area contributed by atoms with Crippen LogP contribution in [0.15, 0.2) is 78.9 Å². The summed E-state index contributed by atoms with van der Waals surface area (Å²) in [4.78, 5) is 12.4. The summed E-state index contributed by atoms with van der Waals surface area (Å²) in [5.41, 5.74) is 1.17. The zero-order chi connectivity index (χ0) is 16.1. The van der Waals surface area contributed by atoms with Crippen molar-refractivity contribution in [2.75, 3.05) is 0 Å². The molecule has 0 heterocycles. The predicted octanol–water partition coefficient (Wildman–Crippen LogP) is 3.38. The number of carbonyl (C=O) groups is 1. The van der Waals surface area contributed by atoms with Crippen molar-refractivity contribution < 1.29 is 13.3 Å². The maximum atomic E-state index is 12.4. The monoisotopic (exact) mass is 364 g/mol. The molecule has 4 heteroatoms. The number of hydrogen-bond acceptors (Lipinski definition) is 3. The standard InChI is InChI=1S/C19H13AsO3/c21-19(14-6-10-16(20-22)11-7-14)15-8-12-18(13-9-15)23-17-4-2-1-3-5-17/h1-13H. The summed E-state index contributed by atoms with van der Waals surface area (Å²) in [6.07, 6.45) is 0. The molecule has 0 radical (unpaired) electrons. The fraction of sp³-hybridized carbons (Fsp3) is 0. The molecule has 0 aliphatic heterocycles. The summed E-state index contributed by atoms with van der Waals surface area (Å²) in [6, 6.07) is 23.4. The zero-order valence-corrected chi connectivity index (χ0v) is 14.1. The molecular formula is C19H13AsO3. The molecule has 3 aromatic rings. The number of carbonyl (C=O) groups excluding carboxylic acids is 1. The fourth-order valence-corrected chi connectivity index (χ4v) is 2.71. The summed E-state index contributed by atoms with van der Waals surface area (Å²) in [5.74, 6) is 1.37. The van der Waals surface area contributed by atoms with Crippen molar-refractivity contribution >= 4 is 25.8 Å². The van der Waals surface area contributed by atoms with Crippen molar-refractivity contribution in [3.63, 3.8) is 0 Å². The van der Waals surface area contributed by atoms with Gasteiger partial charge >= 0.3 is 122 Å². The van der Waals surface area contributed by atoms with Gasteiger partial charge in [0.2, 0.25) is 0 Å². The van der Waals surface area contributed by atoms with E-state index in [0.29, 0.717) is 16.9 Å². The number of rotatable bonds is 5. The topological polar surface area (TPSA) is 43.4 Å². The second-order valence-corrected chi connectivity index (χ2v) is 6.37. The molecule has 0 saturated heterocycles. The van der Waals surface area contributed by atoms with Crippen LogP contribution in [0.4, 0.5) is 0 Å². The Bertz CT molecular complexity index is 809. The van der Waals surface area contributed by atoms with Gasteiger partial charge in [-0.3, -0.25) is 0 Å². The van der Waals surface area contributed by atoms with Crippen LogP contribution in [0.5, 0.6) is 11.5 Å². The van der Waals surface area contributed by atoms with Crippen LogP contribution in [0.25, 0.3) is 0 Å². The number of hydrogen-bond donors (Lipinski definition) is 0. The van der Waals surface area contributed by atoms with E-state index in [4.69, 9.17) is 4.74 Å². The molecule has 0 unspecified atom stereocenters. The first kappa shape index (κ1) is 15.4. The normalized spacial score (nSPS) is 10.4. The first-order valence-electron chi connectivity index (χ1n) is 7.07. The van der Waals surface area contributed by atoms with Crippen LogP contribution in [0.3, 0.4) is 0 Å². The summed E-state index contributed by atoms with van der Waals surface area (Å²) >= 11 is -1.05. The molecule has 0 saturated carbocycles. The van der Waals surface area contributed by atoms with Gasteiger partial charge in [-0.15, -0.1) is 0 Å². The Morgan fingerprint density at radius 3 is 1.78 bits per heavy atom. The van der Waals surface area contributed by atoms with Gasteiger partial charge in [-0.25, -0.2) is 0 Å². The Kier molecular flexibility index (Phi) is 4.79. The third-order valence-corrected chi connectivity index (χ3v) is 4.40. The summed E-state index contributed by atoms with van der Waals surface area (Å²) in [6.45, 7) is 0. The SMILES string of the molecule is O=[As]c1ccc(C(=O)c2ccc(Oc3ccccc3)cc2)cc1. The minimum atomic E-state index is -1.05. The number of ether oxygens (including phenoxy) is 1. The van der Waals surface area contributed by atoms with E-state index in [0.717, 1.165) is 10.1 Å². The molecule has 23 heavy (non-hydrogen) atoms. The first-order valence-corrected chi connectivity index (χ1v) is 8.78. The van der Waals surface area contributed by atoms with Gasteiger partial charge in [-0.05, 0) is 0 Å². The molecule has 0 aromatic heterocycles. The van der Waals surface area contributed by atoms with Crippen molar-refractivity contribution in [3.8, 4) is 11.5 Å². The van der Waals surface area contributed by atoms with Gasteiger partial charge < -0.3 is 0 Å². The third kappa shape index (κ3) is 3.82. The molecule has 0 spiro atoms. The van der Waals surface area contributed by atoms with Gasteiger partial charge in [0.15, 0.2) is 0 Å². The summed E-state index contributed by atoms with van der Waals surface area (Å²) < 4.78 is 17.3. The van der Waals surface area contributed by atoms with E-state index in [1.165, 1.54) is 0 Å². The molecule has 0 bridgehead atoms. The Morgan fingerprint density at radius 1 is 0.696 bits per heavy atom. The van der Waals surface area contributed by atoms with Gasteiger partial charge in [0.25, 0.3) is 0 Å². The van der Waals surface area contributed by atoms with E-state index in [1.807, 2.05) is 30.3 Å². The van der Waals surface area contributed by atoms with Crippen LogP contribution >= 0.6 is 0 Å². The van der Waals surface area contributed by atoms with Gasteiger partial charge in [0.05, 0.1) is 0 Å². The minimum absolute atomic E-state index is 0.0649.